The number of thiophene rings is 1. The van der Waals surface area contributed by atoms with Gasteiger partial charge in [-0.3, -0.25) is 0 Å². The van der Waals surface area contributed by atoms with Crippen molar-refractivity contribution in [3.05, 3.63) is 33.8 Å². The van der Waals surface area contributed by atoms with Gasteiger partial charge in [0, 0.05) is 19.2 Å². The number of hydrogen-bond acceptors (Lipinski definition) is 7. The Morgan fingerprint density at radius 1 is 1.30 bits per heavy atom. The molecule has 0 aliphatic rings. The van der Waals surface area contributed by atoms with Crippen LogP contribution in [0.2, 0.25) is 0 Å². The summed E-state index contributed by atoms with van der Waals surface area (Å²) in [6.07, 6.45) is 0. The second-order valence-electron chi connectivity index (χ2n) is 4.27. The van der Waals surface area contributed by atoms with E-state index < -0.39 is 0 Å². The predicted molar refractivity (Wildman–Crippen MR) is 81.6 cm³/mol. The molecule has 4 N–H and O–H groups in total. The van der Waals surface area contributed by atoms with Gasteiger partial charge in [-0.1, -0.05) is 0 Å². The number of aromatic nitrogens is 2. The van der Waals surface area contributed by atoms with Crippen molar-refractivity contribution in [2.24, 2.45) is 5.84 Å². The Kier molecular flexibility index (Phi) is 5.28. The van der Waals surface area contributed by atoms with Crippen molar-refractivity contribution >= 4 is 23.0 Å². The van der Waals surface area contributed by atoms with Crippen molar-refractivity contribution in [3.63, 3.8) is 0 Å². The summed E-state index contributed by atoms with van der Waals surface area (Å²) in [7, 11) is 0. The fourth-order valence-corrected chi connectivity index (χ4v) is 2.53. The highest BCUT2D eigenvalue weighted by Gasteiger charge is 2.05. The van der Waals surface area contributed by atoms with Crippen LogP contribution in [0.4, 0.5) is 11.6 Å². The minimum Gasteiger partial charge on any atom is -0.374 e. The maximum atomic E-state index is 5.42. The van der Waals surface area contributed by atoms with Crippen LogP contribution in [0.5, 0.6) is 0 Å². The largest absolute Gasteiger partial charge is 0.374 e. The van der Waals surface area contributed by atoms with E-state index in [-0.39, 0.29) is 0 Å². The number of anilines is 2. The number of ether oxygens (including phenoxy) is 1. The Balaban J connectivity index is 2.07. The van der Waals surface area contributed by atoms with Gasteiger partial charge >= 0.3 is 0 Å². The van der Waals surface area contributed by atoms with E-state index in [1.807, 2.05) is 6.92 Å². The number of aryl methyl sites for hydroxylation is 1. The molecule has 0 saturated carbocycles. The maximum absolute atomic E-state index is 5.42. The predicted octanol–water partition coefficient (Wildman–Crippen LogP) is 2.28. The van der Waals surface area contributed by atoms with Gasteiger partial charge in [0.05, 0.1) is 0 Å². The Labute approximate surface area is 122 Å². The van der Waals surface area contributed by atoms with Gasteiger partial charge in [0.15, 0.2) is 5.82 Å². The van der Waals surface area contributed by atoms with E-state index in [0.29, 0.717) is 24.9 Å². The molecule has 0 fully saturated rings. The van der Waals surface area contributed by atoms with Crippen LogP contribution in [0.25, 0.3) is 0 Å². The summed E-state index contributed by atoms with van der Waals surface area (Å²) in [5, 5.41) is 7.54. The molecule has 0 saturated heterocycles. The van der Waals surface area contributed by atoms with Crippen LogP contribution in [0.15, 0.2) is 16.8 Å². The van der Waals surface area contributed by atoms with Gasteiger partial charge in [0.2, 0.25) is 0 Å². The van der Waals surface area contributed by atoms with Crippen molar-refractivity contribution in [3.8, 4) is 0 Å². The van der Waals surface area contributed by atoms with Crippen LogP contribution in [0.1, 0.15) is 23.9 Å². The molecule has 0 aliphatic carbocycles. The first-order valence-electron chi connectivity index (χ1n) is 6.40. The summed E-state index contributed by atoms with van der Waals surface area (Å²) in [5.41, 5.74) is 5.09. The quantitative estimate of drug-likeness (QED) is 0.536. The lowest BCUT2D eigenvalue weighted by Crippen LogP contribution is -2.13. The van der Waals surface area contributed by atoms with Crippen LogP contribution < -0.4 is 16.6 Å². The molecule has 0 atom stereocenters. The number of rotatable bonds is 7. The standard InChI is InChI=1S/C13H19N5OS/c1-3-19-6-13-16-11(4-12(17-13)18-14)15-5-10-8-20-7-9(10)2/h4,7-8H,3,5-6,14H2,1-2H3,(H2,15,16,17,18). The third kappa shape index (κ3) is 3.89. The molecule has 2 aromatic rings. The highest BCUT2D eigenvalue weighted by molar-refractivity contribution is 7.08. The molecule has 0 radical (unpaired) electrons. The molecular formula is C13H19N5OS. The average Bonchev–Trinajstić information content (AvgIpc) is 2.88. The van der Waals surface area contributed by atoms with E-state index in [4.69, 9.17) is 10.6 Å². The van der Waals surface area contributed by atoms with Gasteiger partial charge in [-0.15, -0.1) is 0 Å². The molecule has 2 rings (SSSR count). The van der Waals surface area contributed by atoms with Crippen molar-refractivity contribution in [2.75, 3.05) is 17.3 Å². The first-order chi connectivity index (χ1) is 9.72. The number of hydrazine groups is 1. The zero-order valence-electron chi connectivity index (χ0n) is 11.6. The lowest BCUT2D eigenvalue weighted by Gasteiger charge is -2.09. The van der Waals surface area contributed by atoms with Crippen molar-refractivity contribution in [1.29, 1.82) is 0 Å². The van der Waals surface area contributed by atoms with E-state index in [1.165, 1.54) is 11.1 Å². The molecule has 108 valence electrons. The van der Waals surface area contributed by atoms with Crippen molar-refractivity contribution < 1.29 is 4.74 Å². The van der Waals surface area contributed by atoms with Gasteiger partial charge in [-0.05, 0) is 35.7 Å². The Morgan fingerprint density at radius 3 is 2.75 bits per heavy atom. The van der Waals surface area contributed by atoms with Gasteiger partial charge in [0.1, 0.15) is 18.2 Å². The summed E-state index contributed by atoms with van der Waals surface area (Å²) < 4.78 is 5.32. The molecule has 7 heteroatoms. The van der Waals surface area contributed by atoms with E-state index in [9.17, 15) is 0 Å². The fourth-order valence-electron chi connectivity index (χ4n) is 1.67. The number of nitrogens with one attached hydrogen (secondary N) is 2. The number of nitrogens with two attached hydrogens (primary N) is 1. The molecule has 20 heavy (non-hydrogen) atoms. The average molecular weight is 293 g/mol. The van der Waals surface area contributed by atoms with Gasteiger partial charge < -0.3 is 15.5 Å². The summed E-state index contributed by atoms with van der Waals surface area (Å²) in [4.78, 5) is 8.65. The third-order valence-corrected chi connectivity index (χ3v) is 3.69. The van der Waals surface area contributed by atoms with E-state index in [0.717, 1.165) is 12.4 Å². The van der Waals surface area contributed by atoms with Crippen LogP contribution >= 0.6 is 11.3 Å². The second-order valence-corrected chi connectivity index (χ2v) is 5.01. The number of hydrogen-bond donors (Lipinski definition) is 3. The first-order valence-corrected chi connectivity index (χ1v) is 7.35. The normalized spacial score (nSPS) is 10.6. The van der Waals surface area contributed by atoms with Gasteiger partial charge in [0.25, 0.3) is 0 Å². The lowest BCUT2D eigenvalue weighted by molar-refractivity contribution is 0.128. The molecule has 0 aliphatic heterocycles. The monoisotopic (exact) mass is 293 g/mol. The molecule has 0 spiro atoms. The highest BCUT2D eigenvalue weighted by Crippen LogP contribution is 2.16. The first kappa shape index (κ1) is 14.7. The van der Waals surface area contributed by atoms with Crippen molar-refractivity contribution in [2.45, 2.75) is 27.0 Å². The number of nitrogens with zero attached hydrogens (tertiary/aromatic N) is 2. The topological polar surface area (TPSA) is 85.1 Å². The molecule has 0 aromatic carbocycles. The summed E-state index contributed by atoms with van der Waals surface area (Å²) in [5.74, 6) is 7.33. The van der Waals surface area contributed by atoms with Gasteiger partial charge in [-0.25, -0.2) is 15.8 Å². The molecule has 0 amide bonds. The third-order valence-electron chi connectivity index (χ3n) is 2.78. The molecule has 6 nitrogen and oxygen atoms in total. The highest BCUT2D eigenvalue weighted by atomic mass is 32.1. The van der Waals surface area contributed by atoms with E-state index in [2.05, 4.69) is 38.4 Å². The SMILES string of the molecule is CCOCc1nc(NN)cc(NCc2cscc2C)n1. The maximum Gasteiger partial charge on any atom is 0.158 e. The minimum atomic E-state index is 0.373. The van der Waals surface area contributed by atoms with Crippen LogP contribution in [-0.4, -0.2) is 16.6 Å². The van der Waals surface area contributed by atoms with Crippen molar-refractivity contribution in [1.82, 2.24) is 9.97 Å². The number of nitrogen functional groups attached to an aromatic ring is 1. The zero-order chi connectivity index (χ0) is 14.4. The molecule has 2 aromatic heterocycles. The molecule has 2 heterocycles. The Morgan fingerprint density at radius 2 is 2.10 bits per heavy atom. The van der Waals surface area contributed by atoms with Crippen LogP contribution in [-0.2, 0) is 17.9 Å². The smallest absolute Gasteiger partial charge is 0.158 e. The molecule has 0 bridgehead atoms. The van der Waals surface area contributed by atoms with Crippen LogP contribution in [0, 0.1) is 6.92 Å². The fraction of sp³-hybridized carbons (Fsp3) is 0.385. The zero-order valence-corrected chi connectivity index (χ0v) is 12.5. The molecule has 0 unspecified atom stereocenters. The van der Waals surface area contributed by atoms with Gasteiger partial charge in [-0.2, -0.15) is 11.3 Å². The Hall–Kier alpha value is -1.70. The van der Waals surface area contributed by atoms with E-state index in [1.54, 1.807) is 17.4 Å². The summed E-state index contributed by atoms with van der Waals surface area (Å²) in [6, 6.07) is 1.77. The Bertz CT molecular complexity index is 557. The second kappa shape index (κ2) is 7.18. The summed E-state index contributed by atoms with van der Waals surface area (Å²) >= 11 is 1.70. The summed E-state index contributed by atoms with van der Waals surface area (Å²) in [6.45, 7) is 5.76. The minimum absolute atomic E-state index is 0.373. The van der Waals surface area contributed by atoms with Crippen LogP contribution in [0.3, 0.4) is 0 Å². The van der Waals surface area contributed by atoms with E-state index >= 15 is 0 Å². The lowest BCUT2D eigenvalue weighted by atomic mass is 10.2. The molecular weight excluding hydrogens is 274 g/mol.